The molecule has 0 unspecified atom stereocenters. The first-order chi connectivity index (χ1) is 10.5. The van der Waals surface area contributed by atoms with Gasteiger partial charge in [-0.15, -0.1) is 0 Å². The number of nitrogens with two attached hydrogens (primary N) is 1. The maximum atomic E-state index is 7.81. The van der Waals surface area contributed by atoms with Crippen LogP contribution < -0.4 is 16.0 Å². The number of hydrogen-bond acceptors (Lipinski definition) is 2. The number of para-hydroxylation sites is 1. The zero-order chi connectivity index (χ0) is 16.1. The quantitative estimate of drug-likeness (QED) is 0.458. The third-order valence-electron chi connectivity index (χ3n) is 3.14. The van der Waals surface area contributed by atoms with Gasteiger partial charge in [0, 0.05) is 6.54 Å². The van der Waals surface area contributed by atoms with E-state index in [2.05, 4.69) is 5.32 Å². The number of anilines is 1. The van der Waals surface area contributed by atoms with Gasteiger partial charge < -0.3 is 11.1 Å². The molecule has 2 aromatic carbocycles. The highest BCUT2D eigenvalue weighted by molar-refractivity contribution is 7.80. The summed E-state index contributed by atoms with van der Waals surface area (Å²) in [5.41, 5.74) is 8.31. The van der Waals surface area contributed by atoms with Crippen molar-refractivity contribution in [2.24, 2.45) is 5.73 Å². The Morgan fingerprint density at radius 2 is 1.91 bits per heavy atom. The Bertz CT molecular complexity index is 668. The van der Waals surface area contributed by atoms with Crippen molar-refractivity contribution < 1.29 is 0 Å². The summed E-state index contributed by atoms with van der Waals surface area (Å²) in [5.74, 6) is -0.179. The van der Waals surface area contributed by atoms with Crippen LogP contribution in [0.15, 0.2) is 48.5 Å². The summed E-state index contributed by atoms with van der Waals surface area (Å²) in [6.07, 6.45) is 0. The molecule has 114 valence electrons. The molecular formula is C16H17ClN4S. The molecule has 2 rings (SSSR count). The molecule has 22 heavy (non-hydrogen) atoms. The lowest BCUT2D eigenvalue weighted by atomic mass is 10.2. The maximum absolute atomic E-state index is 7.81. The van der Waals surface area contributed by atoms with Crippen LogP contribution >= 0.6 is 23.8 Å². The number of thiocarbonyl (C=S) groups is 1. The second-order valence-electron chi connectivity index (χ2n) is 4.77. The molecule has 0 atom stereocenters. The zero-order valence-electron chi connectivity index (χ0n) is 12.1. The molecule has 0 spiro atoms. The SMILES string of the molecule is Cc1cccc(Cl)c1N(C(=N)N)C(=S)NCc1ccccc1. The predicted octanol–water partition coefficient (Wildman–Crippen LogP) is 3.42. The van der Waals surface area contributed by atoms with Crippen LogP contribution in [0.4, 0.5) is 5.69 Å². The zero-order valence-corrected chi connectivity index (χ0v) is 13.7. The molecule has 0 fully saturated rings. The van der Waals surface area contributed by atoms with E-state index in [4.69, 9.17) is 35.0 Å². The number of rotatable bonds is 3. The Morgan fingerprint density at radius 1 is 1.23 bits per heavy atom. The van der Waals surface area contributed by atoms with E-state index >= 15 is 0 Å². The van der Waals surface area contributed by atoms with Crippen LogP contribution in [-0.4, -0.2) is 11.1 Å². The highest BCUT2D eigenvalue weighted by Gasteiger charge is 2.19. The van der Waals surface area contributed by atoms with Gasteiger partial charge >= 0.3 is 0 Å². The highest BCUT2D eigenvalue weighted by Crippen LogP contribution is 2.29. The molecule has 0 radical (unpaired) electrons. The summed E-state index contributed by atoms with van der Waals surface area (Å²) in [6.45, 7) is 2.45. The first kappa shape index (κ1) is 16.3. The molecule has 0 saturated carbocycles. The van der Waals surface area contributed by atoms with Gasteiger partial charge in [-0.1, -0.05) is 54.1 Å². The lowest BCUT2D eigenvalue weighted by Gasteiger charge is -2.26. The Labute approximate surface area is 140 Å². The normalized spacial score (nSPS) is 10.1. The second kappa shape index (κ2) is 7.24. The molecule has 0 aromatic heterocycles. The van der Waals surface area contributed by atoms with Crippen molar-refractivity contribution in [1.82, 2.24) is 5.32 Å². The number of benzene rings is 2. The largest absolute Gasteiger partial charge is 0.369 e. The molecule has 0 aliphatic carbocycles. The summed E-state index contributed by atoms with van der Waals surface area (Å²) in [5, 5.41) is 11.8. The fourth-order valence-corrected chi connectivity index (χ4v) is 2.66. The van der Waals surface area contributed by atoms with E-state index in [1.165, 1.54) is 4.90 Å². The summed E-state index contributed by atoms with van der Waals surface area (Å²) >= 11 is 11.6. The van der Waals surface area contributed by atoms with Crippen molar-refractivity contribution in [2.45, 2.75) is 13.5 Å². The third-order valence-corrected chi connectivity index (χ3v) is 3.77. The minimum Gasteiger partial charge on any atom is -0.369 e. The van der Waals surface area contributed by atoms with Gasteiger partial charge in [-0.2, -0.15) is 0 Å². The van der Waals surface area contributed by atoms with Gasteiger partial charge in [0.05, 0.1) is 10.7 Å². The summed E-state index contributed by atoms with van der Waals surface area (Å²) in [7, 11) is 0. The van der Waals surface area contributed by atoms with Gasteiger partial charge in [0.15, 0.2) is 11.1 Å². The summed E-state index contributed by atoms with van der Waals surface area (Å²) in [4.78, 5) is 1.44. The predicted molar refractivity (Wildman–Crippen MR) is 96.5 cm³/mol. The van der Waals surface area contributed by atoms with Crippen LogP contribution in [0.25, 0.3) is 0 Å². The monoisotopic (exact) mass is 332 g/mol. The van der Waals surface area contributed by atoms with Gasteiger partial charge in [0.25, 0.3) is 0 Å². The van der Waals surface area contributed by atoms with Crippen LogP contribution in [0.3, 0.4) is 0 Å². The van der Waals surface area contributed by atoms with E-state index in [1.54, 1.807) is 6.07 Å². The molecule has 4 nitrogen and oxygen atoms in total. The molecule has 6 heteroatoms. The first-order valence-corrected chi connectivity index (χ1v) is 7.50. The van der Waals surface area contributed by atoms with Crippen molar-refractivity contribution in [3.05, 3.63) is 64.7 Å². The minimum atomic E-state index is -0.179. The summed E-state index contributed by atoms with van der Waals surface area (Å²) in [6, 6.07) is 15.4. The van der Waals surface area contributed by atoms with E-state index in [-0.39, 0.29) is 5.96 Å². The van der Waals surface area contributed by atoms with Gasteiger partial charge in [-0.25, -0.2) is 0 Å². The lowest BCUT2D eigenvalue weighted by molar-refractivity contribution is 0.914. The molecule has 0 aliphatic rings. The molecule has 0 amide bonds. The minimum absolute atomic E-state index is 0.179. The number of nitrogens with one attached hydrogen (secondary N) is 2. The molecule has 0 aliphatic heterocycles. The number of nitrogens with zero attached hydrogens (tertiary/aromatic N) is 1. The maximum Gasteiger partial charge on any atom is 0.199 e. The number of halogens is 1. The average molecular weight is 333 g/mol. The fourth-order valence-electron chi connectivity index (χ4n) is 2.09. The van der Waals surface area contributed by atoms with Crippen molar-refractivity contribution in [3.63, 3.8) is 0 Å². The van der Waals surface area contributed by atoms with Crippen LogP contribution in [0, 0.1) is 12.3 Å². The lowest BCUT2D eigenvalue weighted by Crippen LogP contribution is -2.47. The van der Waals surface area contributed by atoms with E-state index in [0.717, 1.165) is 11.1 Å². The van der Waals surface area contributed by atoms with Crippen LogP contribution in [0.5, 0.6) is 0 Å². The Morgan fingerprint density at radius 3 is 2.50 bits per heavy atom. The van der Waals surface area contributed by atoms with E-state index in [1.807, 2.05) is 49.4 Å². The van der Waals surface area contributed by atoms with Crippen LogP contribution in [-0.2, 0) is 6.54 Å². The van der Waals surface area contributed by atoms with E-state index < -0.39 is 0 Å². The Hall–Kier alpha value is -2.11. The Balaban J connectivity index is 2.21. The average Bonchev–Trinajstić information content (AvgIpc) is 2.49. The van der Waals surface area contributed by atoms with Gasteiger partial charge in [0.2, 0.25) is 0 Å². The topological polar surface area (TPSA) is 65.1 Å². The van der Waals surface area contributed by atoms with E-state index in [0.29, 0.717) is 22.4 Å². The van der Waals surface area contributed by atoms with Crippen molar-refractivity contribution in [1.29, 1.82) is 5.41 Å². The first-order valence-electron chi connectivity index (χ1n) is 6.71. The van der Waals surface area contributed by atoms with Crippen molar-refractivity contribution >= 4 is 40.6 Å². The number of hydrogen-bond donors (Lipinski definition) is 3. The molecular weight excluding hydrogens is 316 g/mol. The third kappa shape index (κ3) is 3.75. The van der Waals surface area contributed by atoms with Gasteiger partial charge in [0.1, 0.15) is 0 Å². The van der Waals surface area contributed by atoms with Gasteiger partial charge in [-0.05, 0) is 36.3 Å². The Kier molecular flexibility index (Phi) is 5.35. The van der Waals surface area contributed by atoms with Crippen LogP contribution in [0.2, 0.25) is 5.02 Å². The van der Waals surface area contributed by atoms with Crippen molar-refractivity contribution in [2.75, 3.05) is 4.90 Å². The molecule has 2 aromatic rings. The van der Waals surface area contributed by atoms with E-state index in [9.17, 15) is 0 Å². The molecule has 0 saturated heterocycles. The number of aryl methyl sites for hydroxylation is 1. The molecule has 0 heterocycles. The standard InChI is InChI=1S/C16H17ClN4S/c1-11-6-5-9-13(17)14(11)21(15(18)19)16(22)20-10-12-7-3-2-4-8-12/h2-9H,10H2,1H3,(H3,18,19)(H,20,22). The molecule has 0 bridgehead atoms. The van der Waals surface area contributed by atoms with Crippen molar-refractivity contribution in [3.8, 4) is 0 Å². The molecule has 4 N–H and O–H groups in total. The van der Waals surface area contributed by atoms with Crippen LogP contribution in [0.1, 0.15) is 11.1 Å². The number of guanidine groups is 1. The highest BCUT2D eigenvalue weighted by atomic mass is 35.5. The summed E-state index contributed by atoms with van der Waals surface area (Å²) < 4.78 is 0. The fraction of sp³-hybridized carbons (Fsp3) is 0.125. The second-order valence-corrected chi connectivity index (χ2v) is 5.56. The van der Waals surface area contributed by atoms with Gasteiger partial charge in [-0.3, -0.25) is 10.3 Å². The smallest absolute Gasteiger partial charge is 0.199 e.